The topological polar surface area (TPSA) is 51.6 Å². The molecule has 13 rings (SSSR count). The van der Waals surface area contributed by atoms with Gasteiger partial charge in [0.25, 0.3) is 0 Å². The second kappa shape index (κ2) is 15.3. The van der Waals surface area contributed by atoms with E-state index in [9.17, 15) is 0 Å². The molecular formula is C63H42N4. The van der Waals surface area contributed by atoms with Crippen LogP contribution in [0.2, 0.25) is 0 Å². The van der Waals surface area contributed by atoms with Gasteiger partial charge < -0.3 is 0 Å². The average molecular weight is 855 g/mol. The largest absolute Gasteiger partial charge is 0.264 e. The number of aromatic nitrogens is 4. The van der Waals surface area contributed by atoms with E-state index in [1.54, 1.807) is 6.20 Å². The summed E-state index contributed by atoms with van der Waals surface area (Å²) in [6, 6.07) is 74.5. The standard InChI is InChI=1S/C63H42N4/c1-63(2)56-24-12-11-23-54(56)55-37-45(29-30-57(55)63)61-65-60(40-27-25-39(26-28-40)46-18-13-31-64-38-46)66-62(67-61)49-35-47(58-50-19-7-3-14-41(50)32-42-15-4-8-20-51(42)58)34-48(36-49)59-52-21-9-5-16-43(52)33-44-17-6-10-22-53(44)59/h3-38H,1-2H3. The number of hydrogen-bond donors (Lipinski definition) is 0. The maximum atomic E-state index is 5.47. The second-order valence-electron chi connectivity index (χ2n) is 18.2. The molecule has 0 amide bonds. The summed E-state index contributed by atoms with van der Waals surface area (Å²) >= 11 is 0. The van der Waals surface area contributed by atoms with Gasteiger partial charge in [-0.25, -0.2) is 15.0 Å². The zero-order valence-corrected chi connectivity index (χ0v) is 37.1. The molecule has 314 valence electrons. The molecule has 4 heteroatoms. The Hall–Kier alpha value is -8.60. The first kappa shape index (κ1) is 38.8. The van der Waals surface area contributed by atoms with E-state index < -0.39 is 0 Å². The monoisotopic (exact) mass is 854 g/mol. The Labute approximate surface area is 389 Å². The summed E-state index contributed by atoms with van der Waals surface area (Å²) in [5, 5.41) is 9.55. The van der Waals surface area contributed by atoms with Gasteiger partial charge >= 0.3 is 0 Å². The maximum absolute atomic E-state index is 5.47. The van der Waals surface area contributed by atoms with Crippen molar-refractivity contribution >= 4 is 43.1 Å². The highest BCUT2D eigenvalue weighted by atomic mass is 15.0. The highest BCUT2D eigenvalue weighted by molar-refractivity contribution is 6.16. The number of fused-ring (bicyclic) bond motifs is 7. The van der Waals surface area contributed by atoms with Crippen molar-refractivity contribution in [1.82, 2.24) is 19.9 Å². The van der Waals surface area contributed by atoms with Crippen LogP contribution in [-0.4, -0.2) is 19.9 Å². The molecule has 0 saturated carbocycles. The van der Waals surface area contributed by atoms with Crippen molar-refractivity contribution in [3.63, 3.8) is 0 Å². The quantitative estimate of drug-likeness (QED) is 0.156. The molecule has 0 unspecified atom stereocenters. The number of rotatable bonds is 6. The fourth-order valence-electron chi connectivity index (χ4n) is 10.7. The molecule has 67 heavy (non-hydrogen) atoms. The highest BCUT2D eigenvalue weighted by Gasteiger charge is 2.35. The number of hydrogen-bond acceptors (Lipinski definition) is 4. The van der Waals surface area contributed by atoms with E-state index in [-0.39, 0.29) is 5.41 Å². The Morgan fingerprint density at radius 3 is 1.31 bits per heavy atom. The third-order valence-electron chi connectivity index (χ3n) is 13.9. The van der Waals surface area contributed by atoms with Crippen molar-refractivity contribution in [2.45, 2.75) is 19.3 Å². The smallest absolute Gasteiger partial charge is 0.164 e. The Morgan fingerprint density at radius 2 is 0.761 bits per heavy atom. The molecule has 1 aliphatic rings. The summed E-state index contributed by atoms with van der Waals surface area (Å²) in [5.41, 5.74) is 14.4. The molecule has 0 radical (unpaired) electrons. The van der Waals surface area contributed by atoms with Crippen LogP contribution in [0.1, 0.15) is 25.0 Å². The summed E-state index contributed by atoms with van der Waals surface area (Å²) in [6.45, 7) is 4.63. The van der Waals surface area contributed by atoms with Crippen LogP contribution in [0.15, 0.2) is 219 Å². The van der Waals surface area contributed by atoms with E-state index in [2.05, 4.69) is 219 Å². The van der Waals surface area contributed by atoms with Crippen molar-refractivity contribution in [3.05, 3.63) is 230 Å². The lowest BCUT2D eigenvalue weighted by Crippen LogP contribution is -2.14. The van der Waals surface area contributed by atoms with Gasteiger partial charge in [-0.1, -0.05) is 178 Å². The van der Waals surface area contributed by atoms with Crippen LogP contribution in [0.3, 0.4) is 0 Å². The molecule has 2 heterocycles. The van der Waals surface area contributed by atoms with Gasteiger partial charge in [0.15, 0.2) is 17.5 Å². The van der Waals surface area contributed by atoms with Gasteiger partial charge in [-0.15, -0.1) is 0 Å². The van der Waals surface area contributed by atoms with E-state index in [0.717, 1.165) is 38.9 Å². The Balaban J connectivity index is 1.09. The average Bonchev–Trinajstić information content (AvgIpc) is 3.62. The third-order valence-corrected chi connectivity index (χ3v) is 13.9. The van der Waals surface area contributed by atoms with Crippen LogP contribution in [0.5, 0.6) is 0 Å². The lowest BCUT2D eigenvalue weighted by molar-refractivity contribution is 0.660. The van der Waals surface area contributed by atoms with Gasteiger partial charge in [0.1, 0.15) is 0 Å². The first-order valence-corrected chi connectivity index (χ1v) is 22.9. The summed E-state index contributed by atoms with van der Waals surface area (Å²) < 4.78 is 0. The number of benzene rings is 10. The van der Waals surface area contributed by atoms with E-state index >= 15 is 0 Å². The van der Waals surface area contributed by atoms with Gasteiger partial charge in [-0.2, -0.15) is 0 Å². The summed E-state index contributed by atoms with van der Waals surface area (Å²) in [7, 11) is 0. The van der Waals surface area contributed by atoms with Gasteiger partial charge in [0.05, 0.1) is 0 Å². The molecule has 1 aliphatic carbocycles. The van der Waals surface area contributed by atoms with Crippen molar-refractivity contribution in [3.8, 4) is 78.7 Å². The van der Waals surface area contributed by atoms with Gasteiger partial charge in [-0.3, -0.25) is 4.98 Å². The SMILES string of the molecule is CC1(C)c2ccccc2-c2cc(-c3nc(-c4ccc(-c5cccnc5)cc4)nc(-c4cc(-c5c6ccccc6cc6ccccc56)cc(-c5c6ccccc6cc6ccccc56)c4)n3)ccc21. The minimum atomic E-state index is -0.121. The molecule has 0 aliphatic heterocycles. The van der Waals surface area contributed by atoms with Gasteiger partial charge in [0, 0.05) is 34.5 Å². The fraction of sp³-hybridized carbons (Fsp3) is 0.0476. The van der Waals surface area contributed by atoms with Gasteiger partial charge in [-0.05, 0) is 141 Å². The van der Waals surface area contributed by atoms with E-state index in [1.165, 1.54) is 76.5 Å². The van der Waals surface area contributed by atoms with Crippen LogP contribution in [-0.2, 0) is 5.41 Å². The fourth-order valence-corrected chi connectivity index (χ4v) is 10.7. The van der Waals surface area contributed by atoms with Crippen LogP contribution >= 0.6 is 0 Å². The Bertz CT molecular complexity index is 3700. The zero-order valence-electron chi connectivity index (χ0n) is 37.1. The van der Waals surface area contributed by atoms with E-state index in [4.69, 9.17) is 15.0 Å². The van der Waals surface area contributed by atoms with Crippen LogP contribution < -0.4 is 0 Å². The number of nitrogens with zero attached hydrogens (tertiary/aromatic N) is 4. The molecule has 0 spiro atoms. The molecule has 0 N–H and O–H groups in total. The summed E-state index contributed by atoms with van der Waals surface area (Å²) in [4.78, 5) is 20.6. The minimum Gasteiger partial charge on any atom is -0.264 e. The van der Waals surface area contributed by atoms with Crippen molar-refractivity contribution in [2.75, 3.05) is 0 Å². The number of pyridine rings is 1. The highest BCUT2D eigenvalue weighted by Crippen LogP contribution is 2.50. The molecule has 4 nitrogen and oxygen atoms in total. The van der Waals surface area contributed by atoms with Crippen LogP contribution in [0.25, 0.3) is 122 Å². The Kier molecular flexibility index (Phi) is 8.84. The van der Waals surface area contributed by atoms with Crippen molar-refractivity contribution in [2.24, 2.45) is 0 Å². The van der Waals surface area contributed by atoms with Crippen molar-refractivity contribution < 1.29 is 0 Å². The predicted molar refractivity (Wildman–Crippen MR) is 278 cm³/mol. The molecule has 0 bridgehead atoms. The lowest BCUT2D eigenvalue weighted by Gasteiger charge is -2.21. The molecule has 12 aromatic rings. The van der Waals surface area contributed by atoms with Crippen molar-refractivity contribution in [1.29, 1.82) is 0 Å². The van der Waals surface area contributed by atoms with E-state index in [1.807, 2.05) is 12.3 Å². The third kappa shape index (κ3) is 6.44. The first-order chi connectivity index (χ1) is 32.9. The minimum absolute atomic E-state index is 0.121. The molecule has 0 atom stereocenters. The summed E-state index contributed by atoms with van der Waals surface area (Å²) in [6.07, 6.45) is 3.69. The van der Waals surface area contributed by atoms with Gasteiger partial charge in [0.2, 0.25) is 0 Å². The summed E-state index contributed by atoms with van der Waals surface area (Å²) in [5.74, 6) is 1.84. The molecular weight excluding hydrogens is 813 g/mol. The Morgan fingerprint density at radius 1 is 0.313 bits per heavy atom. The van der Waals surface area contributed by atoms with Crippen LogP contribution in [0.4, 0.5) is 0 Å². The van der Waals surface area contributed by atoms with Crippen LogP contribution in [0, 0.1) is 0 Å². The zero-order chi connectivity index (χ0) is 44.6. The predicted octanol–water partition coefficient (Wildman–Crippen LogP) is 16.2. The molecule has 0 fully saturated rings. The molecule has 0 saturated heterocycles. The second-order valence-corrected chi connectivity index (χ2v) is 18.2. The maximum Gasteiger partial charge on any atom is 0.164 e. The molecule has 10 aromatic carbocycles. The lowest BCUT2D eigenvalue weighted by atomic mass is 9.82. The molecule has 2 aromatic heterocycles. The normalized spacial score (nSPS) is 12.7. The van der Waals surface area contributed by atoms with E-state index in [0.29, 0.717) is 17.5 Å². The first-order valence-electron chi connectivity index (χ1n) is 22.9.